The Labute approximate surface area is 255 Å². The van der Waals surface area contributed by atoms with E-state index in [1.807, 2.05) is 20.8 Å². The summed E-state index contributed by atoms with van der Waals surface area (Å²) in [5, 5.41) is 5.63. The molecule has 3 aliphatic heterocycles. The number of hydrogen-bond donors (Lipinski definition) is 1. The summed E-state index contributed by atoms with van der Waals surface area (Å²) < 4.78 is 11.8. The molecule has 1 atom stereocenters. The van der Waals surface area contributed by atoms with Gasteiger partial charge in [-0.1, -0.05) is 30.3 Å². The molecule has 0 bridgehead atoms. The van der Waals surface area contributed by atoms with E-state index in [-0.39, 0.29) is 12.1 Å². The minimum Gasteiger partial charge on any atom is -0.462 e. The molecular weight excluding hydrogens is 540 g/mol. The van der Waals surface area contributed by atoms with Gasteiger partial charge in [0, 0.05) is 48.4 Å². The number of benzene rings is 2. The van der Waals surface area contributed by atoms with Gasteiger partial charge in [0.2, 0.25) is 0 Å². The molecule has 0 radical (unpaired) electrons. The predicted octanol–water partition coefficient (Wildman–Crippen LogP) is 5.47. The van der Waals surface area contributed by atoms with Crippen molar-refractivity contribution in [2.75, 3.05) is 49.6 Å². The van der Waals surface area contributed by atoms with Crippen molar-refractivity contribution < 1.29 is 14.3 Å². The van der Waals surface area contributed by atoms with Crippen LogP contribution in [0.1, 0.15) is 63.3 Å². The van der Waals surface area contributed by atoms with Crippen LogP contribution in [0.15, 0.2) is 36.4 Å². The maximum absolute atomic E-state index is 12.4. The van der Waals surface area contributed by atoms with Crippen molar-refractivity contribution in [1.29, 1.82) is 0 Å². The largest absolute Gasteiger partial charge is 0.462 e. The molecule has 2 saturated heterocycles. The maximum atomic E-state index is 12.4. The summed E-state index contributed by atoms with van der Waals surface area (Å²) in [5.41, 5.74) is 4.30. The zero-order chi connectivity index (χ0) is 30.1. The Morgan fingerprint density at radius 1 is 1.00 bits per heavy atom. The third-order valence-electron chi connectivity index (χ3n) is 9.05. The topological polar surface area (TPSA) is 83.1 Å². The lowest BCUT2D eigenvalue weighted by molar-refractivity contribution is 0.0497. The molecule has 2 fully saturated rings. The van der Waals surface area contributed by atoms with Gasteiger partial charge < -0.3 is 29.5 Å². The lowest BCUT2D eigenvalue weighted by Gasteiger charge is -2.37. The van der Waals surface area contributed by atoms with Crippen LogP contribution in [0, 0.1) is 6.92 Å². The number of ether oxygens (including phenoxy) is 2. The Kier molecular flexibility index (Phi) is 8.36. The summed E-state index contributed by atoms with van der Waals surface area (Å²) in [4.78, 5) is 29.6. The van der Waals surface area contributed by atoms with E-state index in [1.54, 1.807) is 0 Å². The molecule has 0 aliphatic carbocycles. The van der Waals surface area contributed by atoms with Gasteiger partial charge in [-0.05, 0) is 90.4 Å². The average Bonchev–Trinajstić information content (AvgIpc) is 3.39. The zero-order valence-corrected chi connectivity index (χ0v) is 26.4. The number of fused-ring (bicyclic) bond motifs is 2. The quantitative estimate of drug-likeness (QED) is 0.407. The fraction of sp³-hybridized carbons (Fsp3) is 0.559. The zero-order valence-electron chi connectivity index (χ0n) is 26.4. The van der Waals surface area contributed by atoms with Crippen molar-refractivity contribution in [3.8, 4) is 6.01 Å². The first-order valence-corrected chi connectivity index (χ1v) is 15.9. The highest BCUT2D eigenvalue weighted by Crippen LogP contribution is 2.36. The second-order valence-electron chi connectivity index (χ2n) is 13.4. The summed E-state index contributed by atoms with van der Waals surface area (Å²) >= 11 is 0. The van der Waals surface area contributed by atoms with Gasteiger partial charge in [-0.2, -0.15) is 9.97 Å². The van der Waals surface area contributed by atoms with Crippen LogP contribution in [0.3, 0.4) is 0 Å². The van der Waals surface area contributed by atoms with Crippen LogP contribution in [-0.2, 0) is 17.7 Å². The number of carbonyl (C=O) groups excluding carboxylic acids is 1. The van der Waals surface area contributed by atoms with E-state index >= 15 is 0 Å². The number of nitrogens with one attached hydrogen (secondary N) is 1. The number of piperidine rings is 1. The molecule has 230 valence electrons. The first kappa shape index (κ1) is 29.5. The molecular formula is C34H46N6O3. The summed E-state index contributed by atoms with van der Waals surface area (Å²) in [5.74, 6) is 0.990. The van der Waals surface area contributed by atoms with Gasteiger partial charge in [0.05, 0.1) is 12.2 Å². The van der Waals surface area contributed by atoms with E-state index in [1.165, 1.54) is 34.0 Å². The number of likely N-dealkylation sites (N-methyl/N-ethyl adjacent to an activating group) is 1. The minimum atomic E-state index is -0.507. The van der Waals surface area contributed by atoms with E-state index in [2.05, 4.69) is 70.4 Å². The van der Waals surface area contributed by atoms with Crippen LogP contribution >= 0.6 is 0 Å². The standard InChI is InChI=1S/C34H46N6O3/c1-23-9-6-10-24-11-7-13-29(30(23)24)40-20-16-27-28(21-40)36-32(42-22-26-12-8-17-38(26)5)37-31(27)39-18-14-25(15-19-39)35-33(41)43-34(2,3)4/h6-7,9-11,13,25-26H,8,12,14-22H2,1-5H3,(H,35,41). The Bertz CT molecular complexity index is 1460. The maximum Gasteiger partial charge on any atom is 0.407 e. The van der Waals surface area contributed by atoms with Crippen LogP contribution in [-0.4, -0.2) is 78.5 Å². The van der Waals surface area contributed by atoms with Crippen molar-refractivity contribution >= 4 is 28.4 Å². The summed E-state index contributed by atoms with van der Waals surface area (Å²) in [6, 6.07) is 14.0. The van der Waals surface area contributed by atoms with E-state index in [0.717, 1.165) is 63.4 Å². The predicted molar refractivity (Wildman–Crippen MR) is 171 cm³/mol. The number of carbonyl (C=O) groups is 1. The van der Waals surface area contributed by atoms with Crippen LogP contribution in [0.25, 0.3) is 10.8 Å². The second kappa shape index (κ2) is 12.2. The van der Waals surface area contributed by atoms with Gasteiger partial charge in [0.1, 0.15) is 18.0 Å². The van der Waals surface area contributed by atoms with Crippen molar-refractivity contribution in [3.05, 3.63) is 53.2 Å². The molecule has 3 aromatic rings. The number of anilines is 2. The molecule has 1 amide bonds. The third-order valence-corrected chi connectivity index (χ3v) is 9.05. The number of alkyl carbamates (subject to hydrolysis) is 1. The number of hydrogen-bond acceptors (Lipinski definition) is 8. The fourth-order valence-corrected chi connectivity index (χ4v) is 6.76. The Morgan fingerprint density at radius 2 is 1.77 bits per heavy atom. The molecule has 0 saturated carbocycles. The van der Waals surface area contributed by atoms with E-state index < -0.39 is 5.60 Å². The van der Waals surface area contributed by atoms with Gasteiger partial charge in [0.15, 0.2) is 0 Å². The molecule has 43 heavy (non-hydrogen) atoms. The second-order valence-corrected chi connectivity index (χ2v) is 13.4. The van der Waals surface area contributed by atoms with Gasteiger partial charge in [-0.3, -0.25) is 0 Å². The number of amides is 1. The Hall–Kier alpha value is -3.59. The van der Waals surface area contributed by atoms with Gasteiger partial charge in [-0.15, -0.1) is 0 Å². The van der Waals surface area contributed by atoms with Crippen molar-refractivity contribution in [2.24, 2.45) is 0 Å². The number of nitrogens with zero attached hydrogens (tertiary/aromatic N) is 5. The molecule has 6 rings (SSSR count). The first-order valence-electron chi connectivity index (χ1n) is 15.9. The van der Waals surface area contributed by atoms with Crippen molar-refractivity contribution in [2.45, 2.75) is 84.0 Å². The normalized spacial score (nSPS) is 19.9. The monoisotopic (exact) mass is 586 g/mol. The minimum absolute atomic E-state index is 0.0856. The highest BCUT2D eigenvalue weighted by Gasteiger charge is 2.30. The number of aryl methyl sites for hydroxylation is 1. The average molecular weight is 587 g/mol. The number of aromatic nitrogens is 2. The lowest BCUT2D eigenvalue weighted by Crippen LogP contribution is -2.47. The summed E-state index contributed by atoms with van der Waals surface area (Å²) in [7, 11) is 2.17. The fourth-order valence-electron chi connectivity index (χ4n) is 6.76. The van der Waals surface area contributed by atoms with Crippen LogP contribution in [0.5, 0.6) is 6.01 Å². The summed E-state index contributed by atoms with van der Waals surface area (Å²) in [6.45, 7) is 12.8. The van der Waals surface area contributed by atoms with Crippen LogP contribution in [0.4, 0.5) is 16.3 Å². The summed E-state index contributed by atoms with van der Waals surface area (Å²) in [6.07, 6.45) is 4.54. The lowest BCUT2D eigenvalue weighted by atomic mass is 9.99. The molecule has 9 heteroatoms. The number of likely N-dealkylation sites (tertiary alicyclic amines) is 1. The van der Waals surface area contributed by atoms with Crippen LogP contribution < -0.4 is 19.9 Å². The van der Waals surface area contributed by atoms with E-state index in [0.29, 0.717) is 25.2 Å². The van der Waals surface area contributed by atoms with Crippen molar-refractivity contribution in [3.63, 3.8) is 0 Å². The molecule has 1 unspecified atom stereocenters. The third kappa shape index (κ3) is 6.66. The molecule has 4 heterocycles. The SMILES string of the molecule is Cc1cccc2cccc(N3CCc4c(nc(OCC5CCCN5C)nc4N4CCC(NC(=O)OC(C)(C)C)CC4)C3)c12. The van der Waals surface area contributed by atoms with Gasteiger partial charge in [0.25, 0.3) is 0 Å². The molecule has 1 aromatic heterocycles. The van der Waals surface area contributed by atoms with E-state index in [4.69, 9.17) is 19.4 Å². The molecule has 0 spiro atoms. The molecule has 1 N–H and O–H groups in total. The molecule has 2 aromatic carbocycles. The van der Waals surface area contributed by atoms with Crippen LogP contribution in [0.2, 0.25) is 0 Å². The molecule has 3 aliphatic rings. The molecule has 9 nitrogen and oxygen atoms in total. The smallest absolute Gasteiger partial charge is 0.407 e. The van der Waals surface area contributed by atoms with E-state index in [9.17, 15) is 4.79 Å². The Balaban J connectivity index is 1.24. The number of rotatable bonds is 6. The van der Waals surface area contributed by atoms with Gasteiger partial charge in [-0.25, -0.2) is 4.79 Å². The Morgan fingerprint density at radius 3 is 2.49 bits per heavy atom. The highest BCUT2D eigenvalue weighted by atomic mass is 16.6. The van der Waals surface area contributed by atoms with Gasteiger partial charge >= 0.3 is 12.1 Å². The van der Waals surface area contributed by atoms with Crippen molar-refractivity contribution in [1.82, 2.24) is 20.2 Å². The highest BCUT2D eigenvalue weighted by molar-refractivity contribution is 5.97. The first-order chi connectivity index (χ1) is 20.6.